The molecule has 0 aliphatic carbocycles. The molecule has 4 nitrogen and oxygen atoms in total. The minimum atomic E-state index is -0.0980. The van der Waals surface area contributed by atoms with Crippen LogP contribution in [0.4, 0.5) is 0 Å². The zero-order valence-corrected chi connectivity index (χ0v) is 12.3. The molecule has 2 fully saturated rings. The minimum absolute atomic E-state index is 0.0176. The second-order valence-corrected chi connectivity index (χ2v) is 6.71. The molecule has 0 radical (unpaired) electrons. The second-order valence-electron chi connectivity index (χ2n) is 6.71. The monoisotopic (exact) mass is 277 g/mol. The van der Waals surface area contributed by atoms with Crippen LogP contribution in [0, 0.1) is 5.92 Å². The Morgan fingerprint density at radius 1 is 1.20 bits per heavy atom. The van der Waals surface area contributed by atoms with Gasteiger partial charge in [0, 0.05) is 19.0 Å². The van der Waals surface area contributed by atoms with Crippen molar-refractivity contribution in [3.8, 4) is 0 Å². The van der Waals surface area contributed by atoms with Gasteiger partial charge in [-0.3, -0.25) is 9.69 Å². The van der Waals surface area contributed by atoms with Crippen LogP contribution in [0.3, 0.4) is 0 Å². The molecule has 4 heteroatoms. The summed E-state index contributed by atoms with van der Waals surface area (Å²) >= 11 is 0. The highest BCUT2D eigenvalue weighted by Crippen LogP contribution is 2.45. The molecule has 0 bridgehead atoms. The summed E-state index contributed by atoms with van der Waals surface area (Å²) in [6.45, 7) is 6.33. The standard InChI is InChI=1S/C16H23NO3/c1-9-8-12(18)14-10(2)20-13-5-7-17-6-3-4-11(17)15(13)16(14)19-9/h9-11,13,15H,3-8H2,1-2H3/t9-,10-,11+,13+,15+/m1/s1. The fraction of sp³-hybridized carbons (Fsp3) is 0.812. The van der Waals surface area contributed by atoms with E-state index in [-0.39, 0.29) is 30.0 Å². The number of piperidine rings is 1. The van der Waals surface area contributed by atoms with Crippen LogP contribution in [-0.4, -0.2) is 48.1 Å². The quantitative estimate of drug-likeness (QED) is 0.678. The van der Waals surface area contributed by atoms with Crippen LogP contribution in [0.25, 0.3) is 0 Å². The van der Waals surface area contributed by atoms with Gasteiger partial charge in [0.15, 0.2) is 5.78 Å². The van der Waals surface area contributed by atoms with Crippen molar-refractivity contribution in [1.29, 1.82) is 0 Å². The van der Waals surface area contributed by atoms with Crippen molar-refractivity contribution in [2.75, 3.05) is 13.1 Å². The SMILES string of the molecule is C[C@@H]1CC(=O)C2=C(O1)[C@@H]1[C@H](CCN3CCC[C@@H]13)O[C@@H]2C. The molecule has 4 aliphatic heterocycles. The molecule has 110 valence electrons. The van der Waals surface area contributed by atoms with Crippen LogP contribution in [0.5, 0.6) is 0 Å². The lowest BCUT2D eigenvalue weighted by molar-refractivity contribution is -0.134. The van der Waals surface area contributed by atoms with Crippen molar-refractivity contribution in [3.05, 3.63) is 11.3 Å². The van der Waals surface area contributed by atoms with Gasteiger partial charge in [0.2, 0.25) is 0 Å². The van der Waals surface area contributed by atoms with Gasteiger partial charge in [0.05, 0.1) is 23.7 Å². The fourth-order valence-corrected chi connectivity index (χ4v) is 4.60. The lowest BCUT2D eigenvalue weighted by Gasteiger charge is -2.48. The number of Topliss-reactive ketones (excluding diaryl/α,β-unsaturated/α-hetero) is 1. The van der Waals surface area contributed by atoms with Gasteiger partial charge in [0.25, 0.3) is 0 Å². The van der Waals surface area contributed by atoms with Gasteiger partial charge in [0.1, 0.15) is 11.9 Å². The lowest BCUT2D eigenvalue weighted by atomic mass is 9.78. The van der Waals surface area contributed by atoms with Gasteiger partial charge in [-0.1, -0.05) is 0 Å². The summed E-state index contributed by atoms with van der Waals surface area (Å²) in [4.78, 5) is 15.0. The number of ketones is 1. The van der Waals surface area contributed by atoms with E-state index in [1.54, 1.807) is 0 Å². The Morgan fingerprint density at radius 2 is 2.05 bits per heavy atom. The highest BCUT2D eigenvalue weighted by Gasteiger charge is 2.50. The first-order valence-corrected chi connectivity index (χ1v) is 7.98. The number of carbonyl (C=O) groups excluding carboxylic acids is 1. The van der Waals surface area contributed by atoms with Crippen LogP contribution in [0.15, 0.2) is 11.3 Å². The Morgan fingerprint density at radius 3 is 2.90 bits per heavy atom. The average Bonchev–Trinajstić information content (AvgIpc) is 2.85. The van der Waals surface area contributed by atoms with Crippen molar-refractivity contribution < 1.29 is 14.3 Å². The first kappa shape index (κ1) is 12.8. The molecule has 0 unspecified atom stereocenters. The van der Waals surface area contributed by atoms with Crippen LogP contribution in [0.2, 0.25) is 0 Å². The number of hydrogen-bond acceptors (Lipinski definition) is 4. The third kappa shape index (κ3) is 1.77. The molecule has 4 rings (SSSR count). The number of nitrogens with zero attached hydrogens (tertiary/aromatic N) is 1. The van der Waals surface area contributed by atoms with E-state index in [2.05, 4.69) is 4.90 Å². The van der Waals surface area contributed by atoms with Crippen LogP contribution in [0.1, 0.15) is 39.5 Å². The highest BCUT2D eigenvalue weighted by molar-refractivity contribution is 5.98. The van der Waals surface area contributed by atoms with Crippen molar-refractivity contribution in [2.24, 2.45) is 5.92 Å². The molecular weight excluding hydrogens is 254 g/mol. The predicted octanol–water partition coefficient (Wildman–Crippen LogP) is 1.89. The summed E-state index contributed by atoms with van der Waals surface area (Å²) in [6, 6.07) is 0.518. The molecule has 2 saturated heterocycles. The Bertz CT molecular complexity index is 472. The summed E-state index contributed by atoms with van der Waals surface area (Å²) < 4.78 is 12.3. The van der Waals surface area contributed by atoms with Gasteiger partial charge >= 0.3 is 0 Å². The van der Waals surface area contributed by atoms with Gasteiger partial charge in [-0.15, -0.1) is 0 Å². The summed E-state index contributed by atoms with van der Waals surface area (Å²) in [7, 11) is 0. The van der Waals surface area contributed by atoms with Gasteiger partial charge < -0.3 is 9.47 Å². The van der Waals surface area contributed by atoms with Crippen molar-refractivity contribution in [3.63, 3.8) is 0 Å². The lowest BCUT2D eigenvalue weighted by Crippen LogP contribution is -2.54. The maximum atomic E-state index is 12.4. The predicted molar refractivity (Wildman–Crippen MR) is 74.2 cm³/mol. The Balaban J connectivity index is 1.77. The molecule has 0 aromatic heterocycles. The van der Waals surface area contributed by atoms with E-state index < -0.39 is 0 Å². The highest BCUT2D eigenvalue weighted by atomic mass is 16.5. The molecule has 4 aliphatic rings. The van der Waals surface area contributed by atoms with E-state index in [0.29, 0.717) is 12.5 Å². The maximum absolute atomic E-state index is 12.4. The molecule has 0 saturated carbocycles. The number of ether oxygens (including phenoxy) is 2. The van der Waals surface area contributed by atoms with Crippen molar-refractivity contribution >= 4 is 5.78 Å². The molecule has 0 amide bonds. The summed E-state index contributed by atoms with van der Waals surface area (Å²) in [5.74, 6) is 1.50. The zero-order chi connectivity index (χ0) is 13.9. The van der Waals surface area contributed by atoms with Crippen LogP contribution in [-0.2, 0) is 14.3 Å². The van der Waals surface area contributed by atoms with Crippen LogP contribution < -0.4 is 0 Å². The van der Waals surface area contributed by atoms with E-state index in [1.807, 2.05) is 13.8 Å². The topological polar surface area (TPSA) is 38.8 Å². The average molecular weight is 277 g/mol. The van der Waals surface area contributed by atoms with Gasteiger partial charge in [-0.25, -0.2) is 0 Å². The Hall–Kier alpha value is -0.870. The number of rotatable bonds is 0. The Labute approximate surface area is 120 Å². The first-order chi connectivity index (χ1) is 9.65. The second kappa shape index (κ2) is 4.57. The molecule has 20 heavy (non-hydrogen) atoms. The third-order valence-electron chi connectivity index (χ3n) is 5.39. The van der Waals surface area contributed by atoms with Gasteiger partial charge in [-0.05, 0) is 39.7 Å². The van der Waals surface area contributed by atoms with E-state index in [1.165, 1.54) is 19.4 Å². The molecule has 5 atom stereocenters. The molecule has 0 aromatic rings. The smallest absolute Gasteiger partial charge is 0.168 e. The van der Waals surface area contributed by atoms with E-state index in [0.717, 1.165) is 24.3 Å². The van der Waals surface area contributed by atoms with Crippen molar-refractivity contribution in [2.45, 2.75) is 63.9 Å². The summed E-state index contributed by atoms with van der Waals surface area (Å²) in [5.41, 5.74) is 0.832. The minimum Gasteiger partial charge on any atom is -0.494 e. The molecular formula is C16H23NO3. The summed E-state index contributed by atoms with van der Waals surface area (Å²) in [6.07, 6.45) is 4.19. The number of carbonyl (C=O) groups is 1. The van der Waals surface area contributed by atoms with E-state index >= 15 is 0 Å². The first-order valence-electron chi connectivity index (χ1n) is 7.98. The van der Waals surface area contributed by atoms with E-state index in [9.17, 15) is 4.79 Å². The molecule has 0 N–H and O–H groups in total. The van der Waals surface area contributed by atoms with E-state index in [4.69, 9.17) is 9.47 Å². The summed E-state index contributed by atoms with van der Waals surface area (Å²) in [5, 5.41) is 0. The molecule has 4 heterocycles. The zero-order valence-electron chi connectivity index (χ0n) is 12.3. The number of hydrogen-bond donors (Lipinski definition) is 0. The fourth-order valence-electron chi connectivity index (χ4n) is 4.60. The molecule has 0 aromatic carbocycles. The van der Waals surface area contributed by atoms with Crippen LogP contribution >= 0.6 is 0 Å². The largest absolute Gasteiger partial charge is 0.494 e. The van der Waals surface area contributed by atoms with Crippen molar-refractivity contribution in [1.82, 2.24) is 4.90 Å². The normalized spacial score (nSPS) is 44.7. The molecule has 0 spiro atoms. The third-order valence-corrected chi connectivity index (χ3v) is 5.39. The Kier molecular flexibility index (Phi) is 2.93. The maximum Gasteiger partial charge on any atom is 0.168 e. The number of fused-ring (bicyclic) bond motifs is 4. The van der Waals surface area contributed by atoms with Gasteiger partial charge in [-0.2, -0.15) is 0 Å².